The number of methoxy groups -OCH3 is 1. The van der Waals surface area contributed by atoms with Gasteiger partial charge in [0.2, 0.25) is 0 Å². The highest BCUT2D eigenvalue weighted by Crippen LogP contribution is 2.36. The first-order valence-corrected chi connectivity index (χ1v) is 7.07. The van der Waals surface area contributed by atoms with E-state index in [0.29, 0.717) is 20.9 Å². The molecule has 0 fully saturated rings. The Balaban J connectivity index is 2.26. The molecule has 19 heavy (non-hydrogen) atoms. The smallest absolute Gasteiger partial charge is 0.146 e. The van der Waals surface area contributed by atoms with E-state index in [1.54, 1.807) is 20.2 Å². The summed E-state index contributed by atoms with van der Waals surface area (Å²) in [4.78, 5) is 5.41. The van der Waals surface area contributed by atoms with Crippen molar-refractivity contribution in [3.63, 3.8) is 0 Å². The van der Waals surface area contributed by atoms with Crippen molar-refractivity contribution in [1.82, 2.24) is 4.98 Å². The maximum Gasteiger partial charge on any atom is 0.146 e. The van der Waals surface area contributed by atoms with Gasteiger partial charge < -0.3 is 10.1 Å². The highest BCUT2D eigenvalue weighted by Gasteiger charge is 2.10. The number of halogens is 2. The summed E-state index contributed by atoms with van der Waals surface area (Å²) in [6, 6.07) is 9.38. The minimum Gasteiger partial charge on any atom is -0.497 e. The number of pyridine rings is 1. The maximum atomic E-state index is 6.15. The van der Waals surface area contributed by atoms with Gasteiger partial charge in [-0.15, -0.1) is 0 Å². The fraction of sp³-hybridized carbons (Fsp3) is 0.154. The largest absolute Gasteiger partial charge is 0.497 e. The minimum absolute atomic E-state index is 0.506. The first-order valence-electron chi connectivity index (χ1n) is 5.49. The summed E-state index contributed by atoms with van der Waals surface area (Å²) in [7, 11) is 3.41. The zero-order valence-corrected chi connectivity index (χ0v) is 12.7. The molecular formula is C13H12Cl2N2OS. The molecule has 0 aliphatic carbocycles. The van der Waals surface area contributed by atoms with Crippen molar-refractivity contribution in [3.8, 4) is 5.75 Å². The van der Waals surface area contributed by atoms with Gasteiger partial charge in [-0.3, -0.25) is 0 Å². The number of hydrogen-bond donors (Lipinski definition) is 1. The fourth-order valence-corrected chi connectivity index (χ4v) is 2.81. The van der Waals surface area contributed by atoms with Crippen LogP contribution >= 0.6 is 35.0 Å². The van der Waals surface area contributed by atoms with Crippen LogP contribution in [0.15, 0.2) is 40.3 Å². The van der Waals surface area contributed by atoms with Crippen LogP contribution in [0.4, 0.5) is 5.82 Å². The molecule has 1 aromatic carbocycles. The first kappa shape index (κ1) is 14.3. The zero-order valence-electron chi connectivity index (χ0n) is 10.4. The number of hydrogen-bond acceptors (Lipinski definition) is 4. The summed E-state index contributed by atoms with van der Waals surface area (Å²) >= 11 is 13.6. The Morgan fingerprint density at radius 3 is 2.42 bits per heavy atom. The van der Waals surface area contributed by atoms with E-state index >= 15 is 0 Å². The molecule has 100 valence electrons. The molecule has 0 bridgehead atoms. The number of benzene rings is 1. The van der Waals surface area contributed by atoms with Gasteiger partial charge in [0.1, 0.15) is 16.6 Å². The summed E-state index contributed by atoms with van der Waals surface area (Å²) in [5.74, 6) is 1.43. The van der Waals surface area contributed by atoms with Crippen LogP contribution < -0.4 is 10.1 Å². The van der Waals surface area contributed by atoms with Crippen molar-refractivity contribution in [2.45, 2.75) is 9.92 Å². The van der Waals surface area contributed by atoms with Gasteiger partial charge in [0.05, 0.1) is 17.2 Å². The van der Waals surface area contributed by atoms with E-state index in [1.807, 2.05) is 24.3 Å². The number of rotatable bonds is 4. The lowest BCUT2D eigenvalue weighted by Gasteiger charge is -2.08. The van der Waals surface area contributed by atoms with Crippen molar-refractivity contribution in [3.05, 3.63) is 40.4 Å². The average Bonchev–Trinajstić information content (AvgIpc) is 2.42. The molecule has 0 aliphatic heterocycles. The Kier molecular flexibility index (Phi) is 4.80. The van der Waals surface area contributed by atoms with Crippen LogP contribution in [0.25, 0.3) is 0 Å². The molecule has 0 spiro atoms. The van der Waals surface area contributed by atoms with E-state index in [-0.39, 0.29) is 0 Å². The molecule has 0 unspecified atom stereocenters. The summed E-state index contributed by atoms with van der Waals surface area (Å²) in [6.45, 7) is 0. The third kappa shape index (κ3) is 3.47. The molecule has 0 atom stereocenters. The average molecular weight is 315 g/mol. The topological polar surface area (TPSA) is 34.2 Å². The van der Waals surface area contributed by atoms with Crippen molar-refractivity contribution in [2.24, 2.45) is 0 Å². The third-order valence-corrected chi connectivity index (χ3v) is 4.11. The van der Waals surface area contributed by atoms with Crippen LogP contribution in [0, 0.1) is 0 Å². The molecule has 3 nitrogen and oxygen atoms in total. The van der Waals surface area contributed by atoms with E-state index in [2.05, 4.69) is 10.3 Å². The molecule has 1 heterocycles. The van der Waals surface area contributed by atoms with E-state index in [1.165, 1.54) is 11.8 Å². The number of aromatic nitrogens is 1. The zero-order chi connectivity index (χ0) is 13.8. The summed E-state index contributed by atoms with van der Waals surface area (Å²) in [6.07, 6.45) is 0. The van der Waals surface area contributed by atoms with Crippen LogP contribution in [-0.2, 0) is 0 Å². The molecule has 2 rings (SSSR count). The Morgan fingerprint density at radius 1 is 1.16 bits per heavy atom. The Hall–Kier alpha value is -1.10. The van der Waals surface area contributed by atoms with Gasteiger partial charge in [0.15, 0.2) is 0 Å². The maximum absolute atomic E-state index is 6.15. The molecular weight excluding hydrogens is 303 g/mol. The Morgan fingerprint density at radius 2 is 1.84 bits per heavy atom. The number of nitrogens with one attached hydrogen (secondary N) is 1. The first-order chi connectivity index (χ1) is 9.13. The standard InChI is InChI=1S/C13H12Cl2N2OS/c1-16-12-10(14)7-11(15)13(17-12)19-9-5-3-8(18-2)4-6-9/h3-7H,1-2H3,(H,16,17). The number of nitrogens with zero attached hydrogens (tertiary/aromatic N) is 1. The predicted octanol–water partition coefficient (Wildman–Crippen LogP) is 4.59. The van der Waals surface area contributed by atoms with Gasteiger partial charge in [-0.05, 0) is 30.3 Å². The molecule has 0 saturated carbocycles. The predicted molar refractivity (Wildman–Crippen MR) is 80.9 cm³/mol. The molecule has 1 aromatic heterocycles. The number of anilines is 1. The highest BCUT2D eigenvalue weighted by molar-refractivity contribution is 7.99. The minimum atomic E-state index is 0.506. The Bertz CT molecular complexity index is 576. The van der Waals surface area contributed by atoms with Crippen LogP contribution in [0.5, 0.6) is 5.75 Å². The fourth-order valence-electron chi connectivity index (χ4n) is 1.45. The van der Waals surface area contributed by atoms with Crippen molar-refractivity contribution in [1.29, 1.82) is 0 Å². The molecule has 0 radical (unpaired) electrons. The van der Waals surface area contributed by atoms with Gasteiger partial charge >= 0.3 is 0 Å². The second-order valence-corrected chi connectivity index (χ2v) is 5.51. The van der Waals surface area contributed by atoms with E-state index < -0.39 is 0 Å². The molecule has 2 aromatic rings. The normalized spacial score (nSPS) is 10.3. The second kappa shape index (κ2) is 6.37. The lowest BCUT2D eigenvalue weighted by molar-refractivity contribution is 0.414. The summed E-state index contributed by atoms with van der Waals surface area (Å²) in [5, 5.41) is 4.68. The molecule has 0 saturated heterocycles. The van der Waals surface area contributed by atoms with Crippen LogP contribution in [0.3, 0.4) is 0 Å². The SMILES string of the molecule is CNc1nc(Sc2ccc(OC)cc2)c(Cl)cc1Cl. The molecule has 0 amide bonds. The van der Waals surface area contributed by atoms with Gasteiger partial charge in [-0.1, -0.05) is 35.0 Å². The quantitative estimate of drug-likeness (QED) is 0.895. The second-order valence-electron chi connectivity index (χ2n) is 3.63. The third-order valence-electron chi connectivity index (χ3n) is 2.41. The lowest BCUT2D eigenvalue weighted by Crippen LogP contribution is -1.95. The van der Waals surface area contributed by atoms with E-state index in [9.17, 15) is 0 Å². The van der Waals surface area contributed by atoms with Crippen LogP contribution in [0.2, 0.25) is 10.0 Å². The van der Waals surface area contributed by atoms with Crippen molar-refractivity contribution in [2.75, 3.05) is 19.5 Å². The van der Waals surface area contributed by atoms with Crippen LogP contribution in [0.1, 0.15) is 0 Å². The Labute approximate surface area is 126 Å². The van der Waals surface area contributed by atoms with Crippen molar-refractivity contribution >= 4 is 40.8 Å². The van der Waals surface area contributed by atoms with Crippen molar-refractivity contribution < 1.29 is 4.74 Å². The monoisotopic (exact) mass is 314 g/mol. The van der Waals surface area contributed by atoms with Gasteiger partial charge in [-0.2, -0.15) is 0 Å². The molecule has 0 aliphatic rings. The van der Waals surface area contributed by atoms with E-state index in [0.717, 1.165) is 10.6 Å². The lowest BCUT2D eigenvalue weighted by atomic mass is 10.3. The van der Waals surface area contributed by atoms with Crippen LogP contribution in [-0.4, -0.2) is 19.1 Å². The van der Waals surface area contributed by atoms with Gasteiger partial charge in [-0.25, -0.2) is 4.98 Å². The summed E-state index contributed by atoms with van der Waals surface area (Å²) in [5.41, 5.74) is 0. The summed E-state index contributed by atoms with van der Waals surface area (Å²) < 4.78 is 5.12. The molecule has 1 N–H and O–H groups in total. The molecule has 6 heteroatoms. The van der Waals surface area contributed by atoms with Gasteiger partial charge in [0.25, 0.3) is 0 Å². The highest BCUT2D eigenvalue weighted by atomic mass is 35.5. The number of ether oxygens (including phenoxy) is 1. The van der Waals surface area contributed by atoms with E-state index in [4.69, 9.17) is 27.9 Å². The van der Waals surface area contributed by atoms with Gasteiger partial charge in [0, 0.05) is 11.9 Å².